The third-order valence-electron chi connectivity index (χ3n) is 8.94. The Morgan fingerprint density at radius 2 is 1.63 bits per heavy atom. The highest BCUT2D eigenvalue weighted by atomic mass is 16.2. The van der Waals surface area contributed by atoms with Crippen molar-refractivity contribution in [3.05, 3.63) is 64.7 Å². The lowest BCUT2D eigenvalue weighted by Crippen LogP contribution is -2.54. The average Bonchev–Trinajstić information content (AvgIpc) is 3.31. The van der Waals surface area contributed by atoms with Crippen LogP contribution in [0.4, 0.5) is 5.69 Å². The number of likely N-dealkylation sites (tertiary alicyclic amines) is 1. The number of hydrogen-bond acceptors (Lipinski definition) is 4. The summed E-state index contributed by atoms with van der Waals surface area (Å²) < 4.78 is 0. The predicted octanol–water partition coefficient (Wildman–Crippen LogP) is 3.99. The first-order chi connectivity index (χ1) is 16.9. The first-order valence-electron chi connectivity index (χ1n) is 13.0. The summed E-state index contributed by atoms with van der Waals surface area (Å²) in [6.45, 7) is 4.02. The van der Waals surface area contributed by atoms with E-state index in [0.29, 0.717) is 6.42 Å². The zero-order valence-electron chi connectivity index (χ0n) is 20.5. The van der Waals surface area contributed by atoms with E-state index in [-0.39, 0.29) is 29.8 Å². The molecule has 35 heavy (non-hydrogen) atoms. The van der Waals surface area contributed by atoms with Gasteiger partial charge in [0.25, 0.3) is 0 Å². The van der Waals surface area contributed by atoms with E-state index >= 15 is 0 Å². The predicted molar refractivity (Wildman–Crippen MR) is 134 cm³/mol. The van der Waals surface area contributed by atoms with Gasteiger partial charge in [-0.1, -0.05) is 68.1 Å². The maximum absolute atomic E-state index is 14.2. The van der Waals surface area contributed by atoms with Gasteiger partial charge >= 0.3 is 0 Å². The van der Waals surface area contributed by atoms with E-state index in [1.165, 1.54) is 0 Å². The third-order valence-corrected chi connectivity index (χ3v) is 8.94. The number of imide groups is 1. The van der Waals surface area contributed by atoms with Crippen LogP contribution in [0, 0.1) is 25.7 Å². The number of benzene rings is 2. The number of amides is 3. The molecule has 1 saturated carbocycles. The highest BCUT2D eigenvalue weighted by molar-refractivity contribution is 6.15. The number of anilines is 1. The smallest absolute Gasteiger partial charge is 0.250 e. The Balaban J connectivity index is 1.47. The molecule has 0 radical (unpaired) electrons. The van der Waals surface area contributed by atoms with Gasteiger partial charge in [0.1, 0.15) is 5.54 Å². The lowest BCUT2D eigenvalue weighted by Gasteiger charge is -2.32. The highest BCUT2D eigenvalue weighted by Gasteiger charge is 2.70. The Morgan fingerprint density at radius 3 is 2.34 bits per heavy atom. The van der Waals surface area contributed by atoms with E-state index in [1.807, 2.05) is 56.3 Å². The lowest BCUT2D eigenvalue weighted by atomic mass is 9.75. The lowest BCUT2D eigenvalue weighted by molar-refractivity contribution is -0.145. The van der Waals surface area contributed by atoms with Crippen molar-refractivity contribution in [1.82, 2.24) is 10.2 Å². The molecule has 3 aliphatic heterocycles. The minimum atomic E-state index is -1.22. The van der Waals surface area contributed by atoms with Gasteiger partial charge in [0.2, 0.25) is 17.7 Å². The molecule has 4 aliphatic rings. The molecule has 0 aromatic heterocycles. The molecule has 0 bridgehead atoms. The van der Waals surface area contributed by atoms with Crippen molar-refractivity contribution in [2.24, 2.45) is 11.8 Å². The molecule has 2 saturated heterocycles. The van der Waals surface area contributed by atoms with Crippen molar-refractivity contribution >= 4 is 23.4 Å². The molecule has 3 heterocycles. The first kappa shape index (κ1) is 22.5. The fraction of sp³-hybridized carbons (Fsp3) is 0.483. The Kier molecular flexibility index (Phi) is 5.33. The van der Waals surface area contributed by atoms with E-state index in [9.17, 15) is 14.4 Å². The topological polar surface area (TPSA) is 78.5 Å². The molecule has 2 aromatic rings. The van der Waals surface area contributed by atoms with Gasteiger partial charge in [0.15, 0.2) is 0 Å². The van der Waals surface area contributed by atoms with Gasteiger partial charge in [-0.2, -0.15) is 0 Å². The molecule has 182 valence electrons. The Labute approximate surface area is 206 Å². The molecule has 2 N–H and O–H groups in total. The third kappa shape index (κ3) is 3.22. The van der Waals surface area contributed by atoms with Gasteiger partial charge in [-0.25, -0.2) is 0 Å². The van der Waals surface area contributed by atoms with Crippen molar-refractivity contribution in [1.29, 1.82) is 0 Å². The molecule has 6 rings (SSSR count). The Bertz CT molecular complexity index is 1200. The number of carbonyl (C=O) groups excluding carboxylic acids is 3. The summed E-state index contributed by atoms with van der Waals surface area (Å²) in [7, 11) is 0. The van der Waals surface area contributed by atoms with E-state index in [0.717, 1.165) is 66.5 Å². The molecule has 6 heteroatoms. The normalized spacial score (nSPS) is 30.5. The molecule has 6 nitrogen and oxygen atoms in total. The molecule has 4 atom stereocenters. The summed E-state index contributed by atoms with van der Waals surface area (Å²) in [6, 6.07) is 13.7. The zero-order chi connectivity index (χ0) is 24.3. The minimum Gasteiger partial charge on any atom is -0.324 e. The quantitative estimate of drug-likeness (QED) is 0.524. The van der Waals surface area contributed by atoms with Crippen LogP contribution in [0.2, 0.25) is 0 Å². The monoisotopic (exact) mass is 471 g/mol. The summed E-state index contributed by atoms with van der Waals surface area (Å²) in [5.41, 5.74) is 3.56. The summed E-state index contributed by atoms with van der Waals surface area (Å²) >= 11 is 0. The van der Waals surface area contributed by atoms with Crippen LogP contribution >= 0.6 is 0 Å². The van der Waals surface area contributed by atoms with Crippen molar-refractivity contribution < 1.29 is 14.4 Å². The van der Waals surface area contributed by atoms with Crippen LogP contribution in [-0.4, -0.2) is 34.7 Å². The largest absolute Gasteiger partial charge is 0.324 e. The van der Waals surface area contributed by atoms with Gasteiger partial charge in [0, 0.05) is 23.3 Å². The number of nitrogens with zero attached hydrogens (tertiary/aromatic N) is 1. The van der Waals surface area contributed by atoms with Crippen LogP contribution in [0.3, 0.4) is 0 Å². The first-order valence-corrected chi connectivity index (χ1v) is 13.0. The second-order valence-electron chi connectivity index (χ2n) is 10.8. The number of nitrogens with one attached hydrogen (secondary N) is 2. The van der Waals surface area contributed by atoms with E-state index in [1.54, 1.807) is 4.90 Å². The highest BCUT2D eigenvalue weighted by Crippen LogP contribution is 2.54. The average molecular weight is 472 g/mol. The van der Waals surface area contributed by atoms with Crippen LogP contribution in [0.15, 0.2) is 42.5 Å². The SMILES string of the molecule is Cc1ccc2c(c1C)NC(=O)[C@]21N[C@@H](Cc2ccccc2)[C@H]2C(=O)N(C3CCCCCC3)C(=O)[C@@H]21. The Hall–Kier alpha value is -2.99. The van der Waals surface area contributed by atoms with Crippen LogP contribution < -0.4 is 10.6 Å². The summed E-state index contributed by atoms with van der Waals surface area (Å²) in [5.74, 6) is -1.76. The molecular weight excluding hydrogens is 438 g/mol. The maximum atomic E-state index is 14.2. The maximum Gasteiger partial charge on any atom is 0.250 e. The molecular formula is C29H33N3O3. The van der Waals surface area contributed by atoms with Crippen LogP contribution in [-0.2, 0) is 26.3 Å². The number of carbonyl (C=O) groups is 3. The minimum absolute atomic E-state index is 0.0544. The van der Waals surface area contributed by atoms with Crippen LogP contribution in [0.25, 0.3) is 0 Å². The van der Waals surface area contributed by atoms with Gasteiger partial charge < -0.3 is 5.32 Å². The molecule has 0 unspecified atom stereocenters. The second kappa shape index (κ2) is 8.30. The molecule has 3 amide bonds. The van der Waals surface area contributed by atoms with Gasteiger partial charge in [-0.05, 0) is 49.8 Å². The molecule has 1 aliphatic carbocycles. The fourth-order valence-corrected chi connectivity index (χ4v) is 7.06. The van der Waals surface area contributed by atoms with Crippen molar-refractivity contribution in [3.8, 4) is 0 Å². The summed E-state index contributed by atoms with van der Waals surface area (Å²) in [4.78, 5) is 43.6. The van der Waals surface area contributed by atoms with Gasteiger partial charge in [-0.15, -0.1) is 0 Å². The van der Waals surface area contributed by atoms with Crippen molar-refractivity contribution in [3.63, 3.8) is 0 Å². The molecule has 3 fully saturated rings. The van der Waals surface area contributed by atoms with Crippen molar-refractivity contribution in [2.75, 3.05) is 5.32 Å². The fourth-order valence-electron chi connectivity index (χ4n) is 7.06. The molecule has 2 aromatic carbocycles. The number of hydrogen-bond donors (Lipinski definition) is 2. The summed E-state index contributed by atoms with van der Waals surface area (Å²) in [6.07, 6.45) is 6.69. The van der Waals surface area contributed by atoms with E-state index in [4.69, 9.17) is 0 Å². The van der Waals surface area contributed by atoms with Gasteiger partial charge in [0.05, 0.1) is 11.8 Å². The number of rotatable bonds is 3. The Morgan fingerprint density at radius 1 is 0.914 bits per heavy atom. The molecule has 1 spiro atoms. The van der Waals surface area contributed by atoms with Crippen LogP contribution in [0.5, 0.6) is 0 Å². The van der Waals surface area contributed by atoms with Gasteiger partial charge in [-0.3, -0.25) is 24.6 Å². The number of aryl methyl sites for hydroxylation is 1. The van der Waals surface area contributed by atoms with Crippen molar-refractivity contribution in [2.45, 2.75) is 76.4 Å². The van der Waals surface area contributed by atoms with E-state index < -0.39 is 17.4 Å². The van der Waals surface area contributed by atoms with E-state index in [2.05, 4.69) is 10.6 Å². The van der Waals surface area contributed by atoms with Crippen LogP contribution in [0.1, 0.15) is 60.8 Å². The second-order valence-corrected chi connectivity index (χ2v) is 10.8. The zero-order valence-corrected chi connectivity index (χ0v) is 20.5. The summed E-state index contributed by atoms with van der Waals surface area (Å²) in [5, 5.41) is 6.68. The number of fused-ring (bicyclic) bond motifs is 4. The standard InChI is InChI=1S/C29H33N3O3/c1-17-14-15-21-25(18(17)2)30-28(35)29(21)24-23(22(31-29)16-19-10-6-5-7-11-19)26(33)32(27(24)34)20-12-8-3-4-9-13-20/h5-7,10-11,14-15,20,22-24,31H,3-4,8-9,12-13,16H2,1-2H3,(H,30,35)/t22-,23+,24+,29-/m0/s1.